The van der Waals surface area contributed by atoms with Gasteiger partial charge in [-0.1, -0.05) is 29.8 Å². The van der Waals surface area contributed by atoms with Gasteiger partial charge in [-0.2, -0.15) is 0 Å². The van der Waals surface area contributed by atoms with E-state index < -0.39 is 17.6 Å². The molecule has 7 heteroatoms. The zero-order valence-corrected chi connectivity index (χ0v) is 16.4. The van der Waals surface area contributed by atoms with Crippen LogP contribution in [-0.4, -0.2) is 22.0 Å². The van der Waals surface area contributed by atoms with Crippen molar-refractivity contribution in [3.63, 3.8) is 0 Å². The minimum Gasteiger partial charge on any atom is -0.366 e. The number of fused-ring (bicyclic) bond motifs is 1. The molecule has 0 bridgehead atoms. The highest BCUT2D eigenvalue weighted by atomic mass is 35.5. The van der Waals surface area contributed by atoms with Crippen LogP contribution in [0.15, 0.2) is 79.0 Å². The molecule has 0 aliphatic rings. The summed E-state index contributed by atoms with van der Waals surface area (Å²) in [6, 6.07) is 20.4. The quantitative estimate of drug-likeness (QED) is 0.376. The number of carbonyl (C=O) groups excluding carboxylic acids is 3. The van der Waals surface area contributed by atoms with Gasteiger partial charge in [0, 0.05) is 33.6 Å². The number of primary amides is 1. The summed E-state index contributed by atoms with van der Waals surface area (Å²) in [4.78, 5) is 37.0. The van der Waals surface area contributed by atoms with Gasteiger partial charge in [0.05, 0.1) is 0 Å². The molecule has 2 aromatic heterocycles. The highest BCUT2D eigenvalue weighted by Crippen LogP contribution is 2.29. The summed E-state index contributed by atoms with van der Waals surface area (Å²) in [5.41, 5.74) is 8.34. The van der Waals surface area contributed by atoms with Crippen molar-refractivity contribution < 1.29 is 14.4 Å². The maximum Gasteiger partial charge on any atom is 0.298 e. The van der Waals surface area contributed by atoms with Crippen molar-refractivity contribution in [2.45, 2.75) is 0 Å². The summed E-state index contributed by atoms with van der Waals surface area (Å²) in [6.45, 7) is 0. The van der Waals surface area contributed by atoms with Crippen molar-refractivity contribution in [3.05, 3.63) is 95.3 Å². The Morgan fingerprint density at radius 3 is 2.27 bits per heavy atom. The third-order valence-electron chi connectivity index (χ3n) is 4.68. The van der Waals surface area contributed by atoms with Gasteiger partial charge in [0.15, 0.2) is 0 Å². The van der Waals surface area contributed by atoms with E-state index in [4.69, 9.17) is 17.3 Å². The van der Waals surface area contributed by atoms with E-state index in [9.17, 15) is 14.4 Å². The van der Waals surface area contributed by atoms with Crippen molar-refractivity contribution >= 4 is 40.4 Å². The predicted molar refractivity (Wildman–Crippen MR) is 116 cm³/mol. The van der Waals surface area contributed by atoms with Crippen molar-refractivity contribution in [3.8, 4) is 11.1 Å². The standard InChI is InChI=1S/C23H16ClN3O3/c24-16-8-4-14(5-9-16)19-13-18-3-1-2-12-27(18)20(19)21(28)23(30)26-17-10-6-15(7-11-17)22(25)29/h1-13H,(H2,25,29)(H,26,30). The number of anilines is 1. The van der Waals surface area contributed by atoms with E-state index in [0.717, 1.165) is 11.1 Å². The lowest BCUT2D eigenvalue weighted by Gasteiger charge is -2.08. The molecule has 0 saturated carbocycles. The number of ketones is 1. The second-order valence-electron chi connectivity index (χ2n) is 6.63. The van der Waals surface area contributed by atoms with E-state index in [1.807, 2.05) is 18.2 Å². The van der Waals surface area contributed by atoms with Crippen molar-refractivity contribution in [1.82, 2.24) is 4.40 Å². The number of nitrogens with two attached hydrogens (primary N) is 1. The van der Waals surface area contributed by atoms with Crippen molar-refractivity contribution in [2.75, 3.05) is 5.32 Å². The van der Waals surface area contributed by atoms with Crippen LogP contribution in [-0.2, 0) is 4.79 Å². The fraction of sp³-hybridized carbons (Fsp3) is 0. The number of halogens is 1. The number of benzene rings is 2. The number of Topliss-reactive ketones (excluding diaryl/α,β-unsaturated/α-hetero) is 1. The van der Waals surface area contributed by atoms with Crippen LogP contribution in [0, 0.1) is 0 Å². The zero-order valence-electron chi connectivity index (χ0n) is 15.6. The minimum absolute atomic E-state index is 0.249. The summed E-state index contributed by atoms with van der Waals surface area (Å²) in [5.74, 6) is -2.05. The predicted octanol–water partition coefficient (Wildman–Crippen LogP) is 4.18. The van der Waals surface area contributed by atoms with Crippen LogP contribution < -0.4 is 11.1 Å². The summed E-state index contributed by atoms with van der Waals surface area (Å²) < 4.78 is 1.68. The van der Waals surface area contributed by atoms with Gasteiger partial charge in [-0.15, -0.1) is 0 Å². The number of nitrogens with zero attached hydrogens (tertiary/aromatic N) is 1. The Bertz CT molecular complexity index is 1280. The lowest BCUT2D eigenvalue weighted by atomic mass is 10.0. The second kappa shape index (κ2) is 7.85. The van der Waals surface area contributed by atoms with Gasteiger partial charge in [0.1, 0.15) is 5.69 Å². The Kier molecular flexibility index (Phi) is 5.08. The number of aromatic nitrogens is 1. The topological polar surface area (TPSA) is 93.7 Å². The summed E-state index contributed by atoms with van der Waals surface area (Å²) in [5, 5.41) is 3.15. The molecule has 0 saturated heterocycles. The van der Waals surface area contributed by atoms with Gasteiger partial charge >= 0.3 is 0 Å². The summed E-state index contributed by atoms with van der Waals surface area (Å²) in [6.07, 6.45) is 1.73. The van der Waals surface area contributed by atoms with Gasteiger partial charge in [0.2, 0.25) is 5.91 Å². The fourth-order valence-electron chi connectivity index (χ4n) is 3.22. The number of amides is 2. The van der Waals surface area contributed by atoms with Crippen LogP contribution in [0.5, 0.6) is 0 Å². The number of hydrogen-bond donors (Lipinski definition) is 2. The molecule has 0 aliphatic carbocycles. The van der Waals surface area contributed by atoms with Crippen LogP contribution in [0.4, 0.5) is 5.69 Å². The smallest absolute Gasteiger partial charge is 0.298 e. The minimum atomic E-state index is -0.791. The van der Waals surface area contributed by atoms with E-state index in [0.29, 0.717) is 21.8 Å². The normalized spacial score (nSPS) is 10.7. The Hall–Kier alpha value is -3.90. The molecule has 148 valence electrons. The molecule has 4 aromatic rings. The van der Waals surface area contributed by atoms with E-state index in [1.54, 1.807) is 40.9 Å². The zero-order chi connectivity index (χ0) is 21.3. The molecule has 30 heavy (non-hydrogen) atoms. The molecule has 0 radical (unpaired) electrons. The first-order valence-electron chi connectivity index (χ1n) is 9.05. The molecule has 3 N–H and O–H groups in total. The molecule has 0 aliphatic heterocycles. The number of nitrogens with one attached hydrogen (secondary N) is 1. The van der Waals surface area contributed by atoms with Gasteiger partial charge in [0.25, 0.3) is 11.7 Å². The average Bonchev–Trinajstić information content (AvgIpc) is 3.13. The summed E-state index contributed by atoms with van der Waals surface area (Å²) in [7, 11) is 0. The van der Waals surface area contributed by atoms with Crippen LogP contribution >= 0.6 is 11.6 Å². The molecule has 2 heterocycles. The van der Waals surface area contributed by atoms with Gasteiger partial charge in [-0.25, -0.2) is 0 Å². The van der Waals surface area contributed by atoms with Crippen molar-refractivity contribution in [2.24, 2.45) is 5.73 Å². The van der Waals surface area contributed by atoms with E-state index in [-0.39, 0.29) is 5.69 Å². The van der Waals surface area contributed by atoms with E-state index in [1.165, 1.54) is 24.3 Å². The highest BCUT2D eigenvalue weighted by Gasteiger charge is 2.24. The first-order chi connectivity index (χ1) is 14.4. The lowest BCUT2D eigenvalue weighted by molar-refractivity contribution is -0.112. The Balaban J connectivity index is 1.71. The monoisotopic (exact) mass is 417 g/mol. The SMILES string of the molecule is NC(=O)c1ccc(NC(=O)C(=O)c2c(-c3ccc(Cl)cc3)cc3ccccn23)cc1. The molecule has 0 atom stereocenters. The molecule has 0 unspecified atom stereocenters. The van der Waals surface area contributed by atoms with Crippen molar-refractivity contribution in [1.29, 1.82) is 0 Å². The fourth-order valence-corrected chi connectivity index (χ4v) is 3.34. The van der Waals surface area contributed by atoms with Crippen LogP contribution in [0.2, 0.25) is 5.02 Å². The molecule has 2 amide bonds. The van der Waals surface area contributed by atoms with Gasteiger partial charge in [-0.05, 0) is 60.2 Å². The maximum absolute atomic E-state index is 13.1. The second-order valence-corrected chi connectivity index (χ2v) is 7.07. The van der Waals surface area contributed by atoms with E-state index >= 15 is 0 Å². The number of rotatable bonds is 5. The molecule has 0 fully saturated rings. The highest BCUT2D eigenvalue weighted by molar-refractivity contribution is 6.47. The molecule has 6 nitrogen and oxygen atoms in total. The van der Waals surface area contributed by atoms with Gasteiger partial charge in [-0.3, -0.25) is 14.4 Å². The molecular formula is C23H16ClN3O3. The Labute approximate surface area is 176 Å². The first kappa shape index (κ1) is 19.4. The lowest BCUT2D eigenvalue weighted by Crippen LogP contribution is -2.24. The average molecular weight is 418 g/mol. The van der Waals surface area contributed by atoms with Crippen LogP contribution in [0.1, 0.15) is 20.8 Å². The molecule has 2 aromatic carbocycles. The van der Waals surface area contributed by atoms with Crippen LogP contribution in [0.3, 0.4) is 0 Å². The van der Waals surface area contributed by atoms with Crippen LogP contribution in [0.25, 0.3) is 16.6 Å². The Morgan fingerprint density at radius 1 is 0.900 bits per heavy atom. The van der Waals surface area contributed by atoms with Gasteiger partial charge < -0.3 is 15.5 Å². The molecule has 4 rings (SSSR count). The number of pyridine rings is 1. The van der Waals surface area contributed by atoms with E-state index in [2.05, 4.69) is 5.32 Å². The third kappa shape index (κ3) is 3.68. The largest absolute Gasteiger partial charge is 0.366 e. The molecular weight excluding hydrogens is 402 g/mol. The maximum atomic E-state index is 13.1. The third-order valence-corrected chi connectivity index (χ3v) is 4.94. The molecule has 0 spiro atoms. The number of hydrogen-bond acceptors (Lipinski definition) is 3. The Morgan fingerprint density at radius 2 is 1.60 bits per heavy atom. The first-order valence-corrected chi connectivity index (χ1v) is 9.43. The summed E-state index contributed by atoms with van der Waals surface area (Å²) >= 11 is 5.99. The number of carbonyl (C=O) groups is 3.